The molecule has 0 radical (unpaired) electrons. The quantitative estimate of drug-likeness (QED) is 0.542. The number of aliphatic hydroxyl groups is 1. The minimum absolute atomic E-state index is 0.0854. The summed E-state index contributed by atoms with van der Waals surface area (Å²) in [5.74, 6) is 1.32. The van der Waals surface area contributed by atoms with Gasteiger partial charge in [0.15, 0.2) is 0 Å². The zero-order chi connectivity index (χ0) is 7.14. The van der Waals surface area contributed by atoms with Gasteiger partial charge in [0.05, 0.1) is 12.2 Å². The van der Waals surface area contributed by atoms with Crippen molar-refractivity contribution in [2.45, 2.75) is 32.0 Å². The molecule has 2 rings (SSSR count). The van der Waals surface area contributed by atoms with Gasteiger partial charge in [-0.25, -0.2) is 0 Å². The molecule has 1 saturated heterocycles. The van der Waals surface area contributed by atoms with E-state index in [1.165, 1.54) is 0 Å². The lowest BCUT2D eigenvalue weighted by atomic mass is 9.94. The smallest absolute Gasteiger partial charge is 0.0632 e. The molecular formula is C8H14O2. The molecule has 1 heterocycles. The zero-order valence-electron chi connectivity index (χ0n) is 6.29. The Bertz CT molecular complexity index is 135. The summed E-state index contributed by atoms with van der Waals surface area (Å²) >= 11 is 0. The molecule has 58 valence electrons. The molecule has 0 unspecified atom stereocenters. The average Bonchev–Trinajstić information content (AvgIpc) is 2.35. The Morgan fingerprint density at radius 1 is 1.40 bits per heavy atom. The van der Waals surface area contributed by atoms with Crippen molar-refractivity contribution in [1.29, 1.82) is 0 Å². The third-order valence-electron chi connectivity index (χ3n) is 2.83. The molecule has 1 aliphatic heterocycles. The van der Waals surface area contributed by atoms with Crippen molar-refractivity contribution >= 4 is 0 Å². The molecule has 0 bridgehead atoms. The van der Waals surface area contributed by atoms with Gasteiger partial charge in [-0.15, -0.1) is 0 Å². The highest BCUT2D eigenvalue weighted by Gasteiger charge is 2.41. The number of hydrogen-bond donors (Lipinski definition) is 1. The van der Waals surface area contributed by atoms with E-state index >= 15 is 0 Å². The molecule has 0 aromatic rings. The van der Waals surface area contributed by atoms with Gasteiger partial charge >= 0.3 is 0 Å². The Labute approximate surface area is 61.2 Å². The van der Waals surface area contributed by atoms with E-state index in [9.17, 15) is 5.11 Å². The fourth-order valence-corrected chi connectivity index (χ4v) is 2.19. The van der Waals surface area contributed by atoms with Gasteiger partial charge in [-0.2, -0.15) is 0 Å². The van der Waals surface area contributed by atoms with E-state index in [0.717, 1.165) is 19.4 Å². The molecule has 0 aromatic heterocycles. The van der Waals surface area contributed by atoms with Gasteiger partial charge in [0.2, 0.25) is 0 Å². The molecule has 0 spiro atoms. The average molecular weight is 142 g/mol. The van der Waals surface area contributed by atoms with E-state index in [-0.39, 0.29) is 6.10 Å². The van der Waals surface area contributed by atoms with E-state index in [1.54, 1.807) is 0 Å². The maximum absolute atomic E-state index is 9.27. The predicted molar refractivity (Wildman–Crippen MR) is 37.6 cm³/mol. The summed E-state index contributed by atoms with van der Waals surface area (Å²) in [4.78, 5) is 0. The molecule has 1 saturated carbocycles. The summed E-state index contributed by atoms with van der Waals surface area (Å²) in [6.45, 7) is 3.12. The van der Waals surface area contributed by atoms with Gasteiger partial charge < -0.3 is 9.84 Å². The highest BCUT2D eigenvalue weighted by atomic mass is 16.5. The zero-order valence-corrected chi connectivity index (χ0v) is 6.29. The molecule has 0 amide bonds. The van der Waals surface area contributed by atoms with Gasteiger partial charge in [-0.3, -0.25) is 0 Å². The molecule has 2 heteroatoms. The second-order valence-electron chi connectivity index (χ2n) is 3.64. The van der Waals surface area contributed by atoms with Crippen LogP contribution in [0.5, 0.6) is 0 Å². The first-order chi connectivity index (χ1) is 4.77. The van der Waals surface area contributed by atoms with Crippen molar-refractivity contribution in [3.8, 4) is 0 Å². The largest absolute Gasteiger partial charge is 0.393 e. The first-order valence-corrected chi connectivity index (χ1v) is 4.07. The van der Waals surface area contributed by atoms with Gasteiger partial charge in [-0.1, -0.05) is 6.92 Å². The summed E-state index contributed by atoms with van der Waals surface area (Å²) in [6, 6.07) is 0. The van der Waals surface area contributed by atoms with Crippen LogP contribution in [0.1, 0.15) is 19.8 Å². The second-order valence-corrected chi connectivity index (χ2v) is 3.64. The van der Waals surface area contributed by atoms with Crippen LogP contribution in [0.15, 0.2) is 0 Å². The Kier molecular flexibility index (Phi) is 1.46. The van der Waals surface area contributed by atoms with Crippen molar-refractivity contribution < 1.29 is 9.84 Å². The Morgan fingerprint density at radius 3 is 2.90 bits per heavy atom. The van der Waals surface area contributed by atoms with E-state index in [1.807, 2.05) is 0 Å². The predicted octanol–water partition coefficient (Wildman–Crippen LogP) is 0.792. The summed E-state index contributed by atoms with van der Waals surface area (Å²) in [5.41, 5.74) is 0. The number of ether oxygens (including phenoxy) is 1. The molecule has 4 atom stereocenters. The fraction of sp³-hybridized carbons (Fsp3) is 1.00. The maximum atomic E-state index is 9.27. The summed E-state index contributed by atoms with van der Waals surface area (Å²) in [6.07, 6.45) is 2.13. The monoisotopic (exact) mass is 142 g/mol. The van der Waals surface area contributed by atoms with E-state index in [2.05, 4.69) is 6.92 Å². The third-order valence-corrected chi connectivity index (χ3v) is 2.83. The molecule has 0 aromatic carbocycles. The SMILES string of the molecule is C[C@H]1CO[C@@H]2C[C@H](O)C[C@H]12. The van der Waals surface area contributed by atoms with Gasteiger partial charge in [0.1, 0.15) is 0 Å². The lowest BCUT2D eigenvalue weighted by molar-refractivity contribution is 0.0790. The normalized spacial score (nSPS) is 53.4. The molecular weight excluding hydrogens is 128 g/mol. The first kappa shape index (κ1) is 6.62. The van der Waals surface area contributed by atoms with Crippen molar-refractivity contribution in [2.24, 2.45) is 11.8 Å². The third kappa shape index (κ3) is 0.867. The van der Waals surface area contributed by atoms with Crippen LogP contribution in [-0.4, -0.2) is 23.9 Å². The standard InChI is InChI=1S/C8H14O2/c1-5-4-10-8-3-6(9)2-7(5)8/h5-9H,2-4H2,1H3/t5-,6+,7+,8+/m0/s1. The number of rotatable bonds is 0. The molecule has 2 aliphatic rings. The van der Waals surface area contributed by atoms with Crippen LogP contribution in [0.2, 0.25) is 0 Å². The van der Waals surface area contributed by atoms with Crippen LogP contribution in [0.25, 0.3) is 0 Å². The van der Waals surface area contributed by atoms with Crippen molar-refractivity contribution in [3.63, 3.8) is 0 Å². The minimum Gasteiger partial charge on any atom is -0.393 e. The van der Waals surface area contributed by atoms with E-state index < -0.39 is 0 Å². The van der Waals surface area contributed by atoms with Crippen LogP contribution in [0.4, 0.5) is 0 Å². The van der Waals surface area contributed by atoms with Crippen LogP contribution >= 0.6 is 0 Å². The van der Waals surface area contributed by atoms with E-state index in [0.29, 0.717) is 17.9 Å². The first-order valence-electron chi connectivity index (χ1n) is 4.07. The van der Waals surface area contributed by atoms with Crippen LogP contribution in [-0.2, 0) is 4.74 Å². The highest BCUT2D eigenvalue weighted by molar-refractivity contribution is 4.90. The highest BCUT2D eigenvalue weighted by Crippen LogP contribution is 2.39. The number of fused-ring (bicyclic) bond motifs is 1. The fourth-order valence-electron chi connectivity index (χ4n) is 2.19. The Morgan fingerprint density at radius 2 is 2.20 bits per heavy atom. The van der Waals surface area contributed by atoms with Crippen molar-refractivity contribution in [1.82, 2.24) is 0 Å². The summed E-state index contributed by atoms with van der Waals surface area (Å²) in [5, 5.41) is 9.27. The van der Waals surface area contributed by atoms with Crippen LogP contribution < -0.4 is 0 Å². The van der Waals surface area contributed by atoms with Crippen molar-refractivity contribution in [2.75, 3.05) is 6.61 Å². The van der Waals surface area contributed by atoms with E-state index in [4.69, 9.17) is 4.74 Å². The minimum atomic E-state index is -0.0854. The van der Waals surface area contributed by atoms with Crippen LogP contribution in [0.3, 0.4) is 0 Å². The topological polar surface area (TPSA) is 29.5 Å². The maximum Gasteiger partial charge on any atom is 0.0632 e. The van der Waals surface area contributed by atoms with Crippen molar-refractivity contribution in [3.05, 3.63) is 0 Å². The summed E-state index contributed by atoms with van der Waals surface area (Å²) < 4.78 is 5.50. The van der Waals surface area contributed by atoms with Gasteiger partial charge in [0.25, 0.3) is 0 Å². The molecule has 2 fully saturated rings. The van der Waals surface area contributed by atoms with Crippen LogP contribution in [0, 0.1) is 11.8 Å². The van der Waals surface area contributed by atoms with Gasteiger partial charge in [0, 0.05) is 6.61 Å². The Balaban J connectivity index is 2.05. The summed E-state index contributed by atoms with van der Waals surface area (Å²) in [7, 11) is 0. The Hall–Kier alpha value is -0.0800. The lowest BCUT2D eigenvalue weighted by Crippen LogP contribution is -2.10. The van der Waals surface area contributed by atoms with Gasteiger partial charge in [-0.05, 0) is 24.7 Å². The second kappa shape index (κ2) is 2.21. The number of hydrogen-bond acceptors (Lipinski definition) is 2. The lowest BCUT2D eigenvalue weighted by Gasteiger charge is -2.09. The number of aliphatic hydroxyl groups excluding tert-OH is 1. The molecule has 1 N–H and O–H groups in total. The molecule has 10 heavy (non-hydrogen) atoms. The molecule has 2 nitrogen and oxygen atoms in total. The molecule has 1 aliphatic carbocycles.